The molecule has 1 aliphatic heterocycles. The molecule has 0 unspecified atom stereocenters. The molecule has 1 saturated heterocycles. The molecule has 0 amide bonds. The summed E-state index contributed by atoms with van der Waals surface area (Å²) in [6, 6.07) is 15.7. The third kappa shape index (κ3) is 4.17. The van der Waals surface area contributed by atoms with E-state index in [1.54, 1.807) is 15.1 Å². The van der Waals surface area contributed by atoms with Crippen LogP contribution in [0.15, 0.2) is 59.8 Å². The molecule has 2 aliphatic rings. The van der Waals surface area contributed by atoms with E-state index in [0.29, 0.717) is 54.6 Å². The highest BCUT2D eigenvalue weighted by molar-refractivity contribution is 7.89. The van der Waals surface area contributed by atoms with E-state index in [2.05, 4.69) is 25.2 Å². The molecule has 1 fully saturated rings. The summed E-state index contributed by atoms with van der Waals surface area (Å²) >= 11 is 0. The van der Waals surface area contributed by atoms with Gasteiger partial charge in [-0.1, -0.05) is 41.6 Å². The van der Waals surface area contributed by atoms with Gasteiger partial charge in [0.05, 0.1) is 11.4 Å². The van der Waals surface area contributed by atoms with E-state index in [9.17, 15) is 8.42 Å². The molecule has 0 atom stereocenters. The molecule has 35 heavy (non-hydrogen) atoms. The number of hydrogen-bond acceptors (Lipinski definition) is 7. The first-order valence-corrected chi connectivity index (χ1v) is 13.5. The zero-order valence-corrected chi connectivity index (χ0v) is 20.2. The van der Waals surface area contributed by atoms with Gasteiger partial charge in [0, 0.05) is 26.2 Å². The Bertz CT molecular complexity index is 1460. The minimum Gasteiger partial charge on any atom is -0.352 e. The Kier molecular flexibility index (Phi) is 5.69. The maximum Gasteiger partial charge on any atom is 0.243 e. The average Bonchev–Trinajstić information content (AvgIpc) is 3.32. The molecular weight excluding hydrogens is 462 g/mol. The van der Waals surface area contributed by atoms with Gasteiger partial charge >= 0.3 is 0 Å². The highest BCUT2D eigenvalue weighted by Gasteiger charge is 2.30. The first-order chi connectivity index (χ1) is 17.1. The molecule has 180 valence electrons. The summed E-state index contributed by atoms with van der Waals surface area (Å²) in [5.74, 6) is 0.695. The van der Waals surface area contributed by atoms with E-state index in [-0.39, 0.29) is 0 Å². The number of piperazine rings is 1. The lowest BCUT2D eigenvalue weighted by molar-refractivity contribution is 0.384. The molecule has 2 aromatic carbocycles. The quantitative estimate of drug-likeness (QED) is 0.425. The number of aryl methyl sites for hydroxylation is 2. The van der Waals surface area contributed by atoms with Crippen molar-refractivity contribution in [3.63, 3.8) is 0 Å². The minimum atomic E-state index is -3.53. The van der Waals surface area contributed by atoms with Crippen LogP contribution in [0.3, 0.4) is 0 Å². The Morgan fingerprint density at radius 2 is 1.63 bits per heavy atom. The van der Waals surface area contributed by atoms with Crippen LogP contribution in [0.5, 0.6) is 0 Å². The van der Waals surface area contributed by atoms with Gasteiger partial charge in [0.2, 0.25) is 10.0 Å². The van der Waals surface area contributed by atoms with Crippen molar-refractivity contribution in [3.05, 3.63) is 71.5 Å². The largest absolute Gasteiger partial charge is 0.352 e. The number of hydrogen-bond donors (Lipinski definition) is 0. The van der Waals surface area contributed by atoms with Crippen LogP contribution in [0.1, 0.15) is 29.5 Å². The molecule has 0 spiro atoms. The molecule has 10 heteroatoms. The van der Waals surface area contributed by atoms with Gasteiger partial charge in [0.15, 0.2) is 17.0 Å². The maximum absolute atomic E-state index is 13.4. The number of fused-ring (bicyclic) bond motifs is 2. The molecule has 2 aromatic heterocycles. The van der Waals surface area contributed by atoms with E-state index < -0.39 is 10.0 Å². The monoisotopic (exact) mass is 489 g/mol. The van der Waals surface area contributed by atoms with Crippen LogP contribution in [-0.4, -0.2) is 63.9 Å². The minimum absolute atomic E-state index is 0.392. The SMILES string of the molecule is O=S(=O)(c1ccc2c(c1)CCCC2)N1CCN(c2ncnc3c2nnn3Cc2ccccc2)CC1. The maximum atomic E-state index is 13.4. The molecule has 3 heterocycles. The topological polar surface area (TPSA) is 97.1 Å². The van der Waals surface area contributed by atoms with Crippen LogP contribution < -0.4 is 4.90 Å². The molecule has 4 aromatic rings. The van der Waals surface area contributed by atoms with Gasteiger partial charge in [-0.2, -0.15) is 4.31 Å². The highest BCUT2D eigenvalue weighted by atomic mass is 32.2. The van der Waals surface area contributed by atoms with Crippen LogP contribution in [0.4, 0.5) is 5.82 Å². The molecule has 0 radical (unpaired) electrons. The van der Waals surface area contributed by atoms with E-state index in [4.69, 9.17) is 0 Å². The first kappa shape index (κ1) is 22.1. The Balaban J connectivity index is 1.20. The summed E-state index contributed by atoms with van der Waals surface area (Å²) in [7, 11) is -3.53. The number of sulfonamides is 1. The first-order valence-electron chi connectivity index (χ1n) is 12.0. The summed E-state index contributed by atoms with van der Waals surface area (Å²) in [6.45, 7) is 2.41. The highest BCUT2D eigenvalue weighted by Crippen LogP contribution is 2.27. The lowest BCUT2D eigenvalue weighted by Crippen LogP contribution is -2.49. The van der Waals surface area contributed by atoms with Crippen molar-refractivity contribution in [1.29, 1.82) is 0 Å². The summed E-state index contributed by atoms with van der Waals surface area (Å²) in [6.07, 6.45) is 5.83. The van der Waals surface area contributed by atoms with Crippen molar-refractivity contribution in [2.45, 2.75) is 37.1 Å². The Labute approximate surface area is 204 Å². The van der Waals surface area contributed by atoms with Crippen molar-refractivity contribution < 1.29 is 8.42 Å². The summed E-state index contributed by atoms with van der Waals surface area (Å²) in [4.78, 5) is 11.4. The summed E-state index contributed by atoms with van der Waals surface area (Å²) < 4.78 is 30.1. The second-order valence-electron chi connectivity index (χ2n) is 9.13. The van der Waals surface area contributed by atoms with Gasteiger partial charge in [-0.25, -0.2) is 23.1 Å². The Hall–Kier alpha value is -3.37. The molecule has 0 bridgehead atoms. The fourth-order valence-corrected chi connectivity index (χ4v) is 6.51. The molecule has 9 nitrogen and oxygen atoms in total. The molecule has 0 saturated carbocycles. The summed E-state index contributed by atoms with van der Waals surface area (Å²) in [5, 5.41) is 8.67. The van der Waals surface area contributed by atoms with Crippen molar-refractivity contribution in [3.8, 4) is 0 Å². The van der Waals surface area contributed by atoms with E-state index >= 15 is 0 Å². The predicted octanol–water partition coefficient (Wildman–Crippen LogP) is 2.66. The molecule has 0 N–H and O–H groups in total. The fraction of sp³-hybridized carbons (Fsp3) is 0.360. The number of rotatable bonds is 5. The van der Waals surface area contributed by atoms with Crippen LogP contribution >= 0.6 is 0 Å². The molecule has 6 rings (SSSR count). The van der Waals surface area contributed by atoms with Gasteiger partial charge in [-0.05, 0) is 54.5 Å². The number of nitrogens with zero attached hydrogens (tertiary/aromatic N) is 7. The van der Waals surface area contributed by atoms with E-state index in [0.717, 1.165) is 24.8 Å². The fourth-order valence-electron chi connectivity index (χ4n) is 5.03. The molecular formula is C25H27N7O2S. The van der Waals surface area contributed by atoms with Crippen LogP contribution in [0, 0.1) is 0 Å². The zero-order chi connectivity index (χ0) is 23.8. The average molecular weight is 490 g/mol. The predicted molar refractivity (Wildman–Crippen MR) is 133 cm³/mol. The van der Waals surface area contributed by atoms with E-state index in [1.807, 2.05) is 42.5 Å². The van der Waals surface area contributed by atoms with Gasteiger partial charge in [-0.3, -0.25) is 0 Å². The van der Waals surface area contributed by atoms with Gasteiger partial charge < -0.3 is 4.90 Å². The van der Waals surface area contributed by atoms with Gasteiger partial charge in [-0.15, -0.1) is 5.10 Å². The van der Waals surface area contributed by atoms with Crippen LogP contribution in [0.25, 0.3) is 11.2 Å². The number of anilines is 1. The van der Waals surface area contributed by atoms with Crippen molar-refractivity contribution >= 4 is 27.0 Å². The standard InChI is InChI=1S/C25H27N7O2S/c33-35(34,22-11-10-20-8-4-5-9-21(20)16-22)31-14-12-30(13-15-31)24-23-25(27-18-26-24)32(29-28-23)17-19-6-2-1-3-7-19/h1-3,6-7,10-11,16,18H,4-5,8-9,12-15,17H2. The second-order valence-corrected chi connectivity index (χ2v) is 11.1. The van der Waals surface area contributed by atoms with Gasteiger partial charge in [0.1, 0.15) is 6.33 Å². The normalized spacial score (nSPS) is 17.0. The van der Waals surface area contributed by atoms with E-state index in [1.165, 1.54) is 23.9 Å². The van der Waals surface area contributed by atoms with Gasteiger partial charge in [0.25, 0.3) is 0 Å². The smallest absolute Gasteiger partial charge is 0.243 e. The van der Waals surface area contributed by atoms with Crippen molar-refractivity contribution in [1.82, 2.24) is 29.3 Å². The Morgan fingerprint density at radius 1 is 0.857 bits per heavy atom. The van der Waals surface area contributed by atoms with Crippen LogP contribution in [-0.2, 0) is 29.4 Å². The number of benzene rings is 2. The lowest BCUT2D eigenvalue weighted by atomic mass is 9.92. The Morgan fingerprint density at radius 3 is 2.43 bits per heavy atom. The third-order valence-electron chi connectivity index (χ3n) is 6.95. The molecule has 1 aliphatic carbocycles. The van der Waals surface area contributed by atoms with Crippen LogP contribution in [0.2, 0.25) is 0 Å². The zero-order valence-electron chi connectivity index (χ0n) is 19.4. The lowest BCUT2D eigenvalue weighted by Gasteiger charge is -2.34. The number of aromatic nitrogens is 5. The second kappa shape index (κ2) is 9.01. The third-order valence-corrected chi connectivity index (χ3v) is 8.85. The summed E-state index contributed by atoms with van der Waals surface area (Å²) in [5.41, 5.74) is 4.88. The van der Waals surface area contributed by atoms with Crippen molar-refractivity contribution in [2.24, 2.45) is 0 Å². The van der Waals surface area contributed by atoms with Crippen molar-refractivity contribution in [2.75, 3.05) is 31.1 Å².